The van der Waals surface area contributed by atoms with Gasteiger partial charge < -0.3 is 15.8 Å². The van der Waals surface area contributed by atoms with Gasteiger partial charge in [-0.05, 0) is 48.0 Å². The van der Waals surface area contributed by atoms with Gasteiger partial charge in [0, 0.05) is 23.7 Å². The van der Waals surface area contributed by atoms with Crippen molar-refractivity contribution in [1.29, 1.82) is 0 Å². The van der Waals surface area contributed by atoms with Crippen molar-refractivity contribution in [2.24, 2.45) is 5.84 Å². The number of carbonyl (C=O) groups is 1. The number of fused-ring (bicyclic) bond motifs is 1. The molecule has 9 nitrogen and oxygen atoms in total. The smallest absolute Gasteiger partial charge is 0.276 e. The second-order valence-electron chi connectivity index (χ2n) is 7.32. The standard InChI is InChI=1S/C24H23ClN6O3/c25-19-13-17(4-5-18(19)24(33)31-34-11-10-32)21-7-8-22(30-26)23(29-21)28-14-15-3-6-20-16(12-15)2-1-9-27-20/h1-9,12-13,30,32H,10-11,14,26H2,(H,28,29)(H,31,33). The highest BCUT2D eigenvalue weighted by atomic mass is 35.5. The molecule has 6 N–H and O–H groups in total. The maximum atomic E-state index is 12.2. The van der Waals surface area contributed by atoms with Crippen molar-refractivity contribution >= 4 is 39.9 Å². The number of aliphatic hydroxyl groups excluding tert-OH is 1. The largest absolute Gasteiger partial charge is 0.394 e. The van der Waals surface area contributed by atoms with Gasteiger partial charge in [-0.2, -0.15) is 0 Å². The van der Waals surface area contributed by atoms with Crippen molar-refractivity contribution in [3.63, 3.8) is 0 Å². The molecular formula is C24H23ClN6O3. The highest BCUT2D eigenvalue weighted by Crippen LogP contribution is 2.28. The van der Waals surface area contributed by atoms with Crippen LogP contribution in [0.4, 0.5) is 11.5 Å². The fraction of sp³-hybridized carbons (Fsp3) is 0.125. The summed E-state index contributed by atoms with van der Waals surface area (Å²) in [6.07, 6.45) is 1.77. The van der Waals surface area contributed by atoms with E-state index in [4.69, 9.17) is 27.4 Å². The summed E-state index contributed by atoms with van der Waals surface area (Å²) in [5, 5.41) is 13.4. The molecule has 0 saturated carbocycles. The molecule has 0 aliphatic heterocycles. The van der Waals surface area contributed by atoms with E-state index in [1.165, 1.54) is 0 Å². The Bertz CT molecular complexity index is 1320. The van der Waals surface area contributed by atoms with Crippen LogP contribution >= 0.6 is 11.6 Å². The first-order chi connectivity index (χ1) is 16.6. The molecule has 0 atom stereocenters. The van der Waals surface area contributed by atoms with Crippen LogP contribution in [0.25, 0.3) is 22.2 Å². The van der Waals surface area contributed by atoms with Gasteiger partial charge in [0.1, 0.15) is 0 Å². The molecule has 0 saturated heterocycles. The van der Waals surface area contributed by atoms with Crippen LogP contribution in [0.15, 0.2) is 66.9 Å². The first-order valence-electron chi connectivity index (χ1n) is 10.5. The van der Waals surface area contributed by atoms with Crippen LogP contribution in [0.3, 0.4) is 0 Å². The van der Waals surface area contributed by atoms with Crippen LogP contribution in [-0.4, -0.2) is 34.2 Å². The number of nitrogens with zero attached hydrogens (tertiary/aromatic N) is 2. The van der Waals surface area contributed by atoms with Gasteiger partial charge in [-0.3, -0.25) is 20.5 Å². The molecule has 0 aliphatic rings. The van der Waals surface area contributed by atoms with Crippen molar-refractivity contribution in [3.05, 3.63) is 83.0 Å². The molecule has 174 valence electrons. The number of amides is 1. The van der Waals surface area contributed by atoms with E-state index in [0.29, 0.717) is 23.7 Å². The Morgan fingerprint density at radius 1 is 1.12 bits per heavy atom. The summed E-state index contributed by atoms with van der Waals surface area (Å²) >= 11 is 6.33. The molecule has 0 spiro atoms. The van der Waals surface area contributed by atoms with Gasteiger partial charge in [0.05, 0.1) is 40.7 Å². The first-order valence-corrected chi connectivity index (χ1v) is 10.8. The molecule has 4 rings (SSSR count). The number of hydrazine groups is 1. The zero-order valence-corrected chi connectivity index (χ0v) is 18.8. The van der Waals surface area contributed by atoms with Gasteiger partial charge in [-0.15, -0.1) is 0 Å². The number of hydrogen-bond donors (Lipinski definition) is 5. The number of nitrogens with one attached hydrogen (secondary N) is 3. The van der Waals surface area contributed by atoms with E-state index in [0.717, 1.165) is 22.0 Å². The van der Waals surface area contributed by atoms with Crippen molar-refractivity contribution in [2.75, 3.05) is 24.0 Å². The summed E-state index contributed by atoms with van der Waals surface area (Å²) in [7, 11) is 0. The summed E-state index contributed by atoms with van der Waals surface area (Å²) in [5.74, 6) is 5.74. The molecule has 2 heterocycles. The highest BCUT2D eigenvalue weighted by molar-refractivity contribution is 6.34. The molecule has 1 amide bonds. The Morgan fingerprint density at radius 3 is 2.79 bits per heavy atom. The third kappa shape index (κ3) is 5.41. The number of aromatic nitrogens is 2. The topological polar surface area (TPSA) is 134 Å². The second-order valence-corrected chi connectivity index (χ2v) is 7.73. The van der Waals surface area contributed by atoms with Crippen LogP contribution in [0.2, 0.25) is 5.02 Å². The van der Waals surface area contributed by atoms with Gasteiger partial charge >= 0.3 is 0 Å². The Morgan fingerprint density at radius 2 is 2.00 bits per heavy atom. The normalized spacial score (nSPS) is 10.8. The van der Waals surface area contributed by atoms with E-state index in [9.17, 15) is 4.79 Å². The lowest BCUT2D eigenvalue weighted by Crippen LogP contribution is -2.25. The SMILES string of the molecule is NNc1ccc(-c2ccc(C(=O)NOCCO)c(Cl)c2)nc1NCc1ccc2ncccc2c1. The third-order valence-corrected chi connectivity index (χ3v) is 5.36. The minimum absolute atomic E-state index is 0.0151. The molecule has 2 aromatic heterocycles. The lowest BCUT2D eigenvalue weighted by molar-refractivity contribution is 0.0168. The van der Waals surface area contributed by atoms with Crippen LogP contribution < -0.4 is 22.1 Å². The predicted molar refractivity (Wildman–Crippen MR) is 132 cm³/mol. The molecule has 0 aliphatic carbocycles. The lowest BCUT2D eigenvalue weighted by Gasteiger charge is -2.13. The molecule has 0 radical (unpaired) electrons. The summed E-state index contributed by atoms with van der Waals surface area (Å²) in [6.45, 7) is 0.309. The molecule has 2 aromatic carbocycles. The Hall–Kier alpha value is -3.76. The van der Waals surface area contributed by atoms with E-state index < -0.39 is 5.91 Å². The number of carbonyl (C=O) groups excluding carboxylic acids is 1. The van der Waals surface area contributed by atoms with Crippen molar-refractivity contribution in [2.45, 2.75) is 6.54 Å². The van der Waals surface area contributed by atoms with E-state index in [1.54, 1.807) is 30.5 Å². The minimum Gasteiger partial charge on any atom is -0.394 e. The van der Waals surface area contributed by atoms with Crippen LogP contribution in [-0.2, 0) is 11.4 Å². The first kappa shape index (κ1) is 23.4. The molecule has 0 fully saturated rings. The zero-order valence-electron chi connectivity index (χ0n) is 18.1. The molecule has 0 bridgehead atoms. The summed E-state index contributed by atoms with van der Waals surface area (Å²) in [5.41, 5.74) is 9.14. The average molecular weight is 479 g/mol. The molecule has 4 aromatic rings. The van der Waals surface area contributed by atoms with E-state index in [-0.39, 0.29) is 23.8 Å². The van der Waals surface area contributed by atoms with Gasteiger partial charge in [0.25, 0.3) is 5.91 Å². The van der Waals surface area contributed by atoms with Crippen molar-refractivity contribution in [3.8, 4) is 11.3 Å². The fourth-order valence-corrected chi connectivity index (χ4v) is 3.63. The monoisotopic (exact) mass is 478 g/mol. The van der Waals surface area contributed by atoms with Crippen molar-refractivity contribution < 1.29 is 14.7 Å². The van der Waals surface area contributed by atoms with Gasteiger partial charge in [-0.1, -0.05) is 29.8 Å². The summed E-state index contributed by atoms with van der Waals surface area (Å²) in [4.78, 5) is 26.1. The number of benzene rings is 2. The number of pyridine rings is 2. The number of nitrogen functional groups attached to an aromatic ring is 1. The van der Waals surface area contributed by atoms with E-state index in [2.05, 4.69) is 32.3 Å². The van der Waals surface area contributed by atoms with Gasteiger partial charge in [0.15, 0.2) is 5.82 Å². The lowest BCUT2D eigenvalue weighted by atomic mass is 10.1. The minimum atomic E-state index is -0.506. The van der Waals surface area contributed by atoms with Crippen LogP contribution in [0.1, 0.15) is 15.9 Å². The third-order valence-electron chi connectivity index (χ3n) is 5.05. The fourth-order valence-electron chi connectivity index (χ4n) is 3.37. The molecule has 34 heavy (non-hydrogen) atoms. The number of hydroxylamine groups is 1. The number of halogens is 1. The Kier molecular flexibility index (Phi) is 7.51. The summed E-state index contributed by atoms with van der Waals surface area (Å²) < 4.78 is 0. The van der Waals surface area contributed by atoms with E-state index in [1.807, 2.05) is 30.3 Å². The Labute approximate surface area is 200 Å². The van der Waals surface area contributed by atoms with Crippen LogP contribution in [0, 0.1) is 0 Å². The quantitative estimate of drug-likeness (QED) is 0.140. The number of anilines is 2. The highest BCUT2D eigenvalue weighted by Gasteiger charge is 2.13. The maximum Gasteiger partial charge on any atom is 0.276 e. The van der Waals surface area contributed by atoms with E-state index >= 15 is 0 Å². The molecular weight excluding hydrogens is 456 g/mol. The average Bonchev–Trinajstić information content (AvgIpc) is 2.87. The van der Waals surface area contributed by atoms with Crippen LogP contribution in [0.5, 0.6) is 0 Å². The zero-order chi connectivity index (χ0) is 23.9. The van der Waals surface area contributed by atoms with Gasteiger partial charge in [-0.25, -0.2) is 10.5 Å². The van der Waals surface area contributed by atoms with Crippen molar-refractivity contribution in [1.82, 2.24) is 15.4 Å². The number of nitrogens with two attached hydrogens (primary N) is 1. The molecule has 0 unspecified atom stereocenters. The Balaban J connectivity index is 1.53. The number of aliphatic hydroxyl groups is 1. The molecule has 10 heteroatoms. The predicted octanol–water partition coefficient (Wildman–Crippen LogP) is 3.50. The number of rotatable bonds is 9. The summed E-state index contributed by atoms with van der Waals surface area (Å²) in [6, 6.07) is 18.6. The second kappa shape index (κ2) is 10.9. The van der Waals surface area contributed by atoms with Gasteiger partial charge in [0.2, 0.25) is 0 Å². The number of hydrogen-bond acceptors (Lipinski definition) is 8. The maximum absolute atomic E-state index is 12.2.